The van der Waals surface area contributed by atoms with Gasteiger partial charge in [-0.3, -0.25) is 0 Å². The average Bonchev–Trinajstić information content (AvgIpc) is 2.90. The van der Waals surface area contributed by atoms with Gasteiger partial charge in [-0.2, -0.15) is 0 Å². The van der Waals surface area contributed by atoms with E-state index in [1.54, 1.807) is 11.3 Å². The van der Waals surface area contributed by atoms with Crippen LogP contribution in [0.25, 0.3) is 0 Å². The maximum atomic E-state index is 5.97. The fourth-order valence-corrected chi connectivity index (χ4v) is 3.65. The van der Waals surface area contributed by atoms with E-state index in [0.29, 0.717) is 12.5 Å². The van der Waals surface area contributed by atoms with E-state index < -0.39 is 0 Å². The van der Waals surface area contributed by atoms with Crippen LogP contribution in [0.4, 0.5) is 0 Å². The molecule has 0 saturated carbocycles. The molecule has 0 amide bonds. The van der Waals surface area contributed by atoms with Gasteiger partial charge in [0, 0.05) is 18.0 Å². The van der Waals surface area contributed by atoms with E-state index in [9.17, 15) is 0 Å². The first-order chi connectivity index (χ1) is 10.2. The first kappa shape index (κ1) is 16.1. The Morgan fingerprint density at radius 2 is 1.95 bits per heavy atom. The summed E-state index contributed by atoms with van der Waals surface area (Å²) in [6, 6.07) is 10.3. The Balaban J connectivity index is 2.39. The van der Waals surface area contributed by atoms with Crippen LogP contribution < -0.4 is 5.32 Å². The average molecular weight is 304 g/mol. The van der Waals surface area contributed by atoms with Crippen LogP contribution in [0.1, 0.15) is 53.9 Å². The van der Waals surface area contributed by atoms with E-state index in [0.717, 1.165) is 11.6 Å². The van der Waals surface area contributed by atoms with Gasteiger partial charge in [-0.25, -0.2) is 4.98 Å². The Kier molecular flexibility index (Phi) is 5.91. The number of nitrogens with zero attached hydrogens (tertiary/aromatic N) is 1. The molecule has 0 fully saturated rings. The molecule has 0 bridgehead atoms. The molecule has 21 heavy (non-hydrogen) atoms. The molecule has 114 valence electrons. The molecule has 1 N–H and O–H groups in total. The minimum atomic E-state index is -0.0655. The van der Waals surface area contributed by atoms with Crippen molar-refractivity contribution >= 4 is 11.3 Å². The van der Waals surface area contributed by atoms with Gasteiger partial charge in [-0.15, -0.1) is 11.3 Å². The lowest BCUT2D eigenvalue weighted by Gasteiger charge is -2.14. The van der Waals surface area contributed by atoms with E-state index >= 15 is 0 Å². The number of aromatic nitrogens is 1. The Morgan fingerprint density at radius 1 is 1.24 bits per heavy atom. The van der Waals surface area contributed by atoms with Gasteiger partial charge < -0.3 is 10.1 Å². The highest BCUT2D eigenvalue weighted by Gasteiger charge is 2.22. The molecule has 1 aromatic carbocycles. The maximum Gasteiger partial charge on any atom is 0.134 e. The van der Waals surface area contributed by atoms with Crippen LogP contribution in [0.2, 0.25) is 0 Å². The summed E-state index contributed by atoms with van der Waals surface area (Å²) in [5, 5.41) is 4.29. The topological polar surface area (TPSA) is 34.1 Å². The van der Waals surface area contributed by atoms with Gasteiger partial charge in [0.1, 0.15) is 11.1 Å². The number of hydrogen-bond acceptors (Lipinski definition) is 4. The molecule has 0 aliphatic rings. The molecule has 1 heterocycles. The fourth-order valence-electron chi connectivity index (χ4n) is 2.34. The predicted octanol–water partition coefficient (Wildman–Crippen LogP) is 4.11. The SMILES string of the molecule is CCOC(c1ccccc1)c1nc(C(C)C)c(CNC)s1. The Morgan fingerprint density at radius 3 is 2.52 bits per heavy atom. The van der Waals surface area contributed by atoms with E-state index in [1.165, 1.54) is 16.1 Å². The van der Waals surface area contributed by atoms with Gasteiger partial charge >= 0.3 is 0 Å². The third-order valence-corrected chi connectivity index (χ3v) is 4.40. The molecule has 0 radical (unpaired) electrons. The number of nitrogens with one attached hydrogen (secondary N) is 1. The summed E-state index contributed by atoms with van der Waals surface area (Å²) in [5.41, 5.74) is 2.35. The molecule has 2 rings (SSSR count). The van der Waals surface area contributed by atoms with Crippen LogP contribution in [0.15, 0.2) is 30.3 Å². The van der Waals surface area contributed by atoms with Crippen molar-refractivity contribution in [2.75, 3.05) is 13.7 Å². The first-order valence-corrected chi connectivity index (χ1v) is 8.29. The largest absolute Gasteiger partial charge is 0.367 e. The molecule has 4 heteroatoms. The fraction of sp³-hybridized carbons (Fsp3) is 0.471. The second-order valence-electron chi connectivity index (χ2n) is 5.29. The van der Waals surface area contributed by atoms with Gasteiger partial charge in [0.25, 0.3) is 0 Å². The molecule has 1 aromatic heterocycles. The monoisotopic (exact) mass is 304 g/mol. The second-order valence-corrected chi connectivity index (χ2v) is 6.41. The molecular formula is C17H24N2OS. The van der Waals surface area contributed by atoms with Crippen molar-refractivity contribution in [1.82, 2.24) is 10.3 Å². The summed E-state index contributed by atoms with van der Waals surface area (Å²) < 4.78 is 5.97. The highest BCUT2D eigenvalue weighted by atomic mass is 32.1. The van der Waals surface area contributed by atoms with Crippen molar-refractivity contribution in [3.8, 4) is 0 Å². The van der Waals surface area contributed by atoms with Gasteiger partial charge in [-0.05, 0) is 25.5 Å². The van der Waals surface area contributed by atoms with Crippen LogP contribution in [0.3, 0.4) is 0 Å². The Labute approximate surface area is 131 Å². The Hall–Kier alpha value is -1.23. The van der Waals surface area contributed by atoms with Crippen molar-refractivity contribution in [3.05, 3.63) is 51.5 Å². The number of ether oxygens (including phenoxy) is 1. The lowest BCUT2D eigenvalue weighted by molar-refractivity contribution is 0.0910. The summed E-state index contributed by atoms with van der Waals surface area (Å²) >= 11 is 1.76. The minimum Gasteiger partial charge on any atom is -0.367 e. The lowest BCUT2D eigenvalue weighted by atomic mass is 10.1. The van der Waals surface area contributed by atoms with Crippen molar-refractivity contribution in [2.45, 2.75) is 39.3 Å². The third kappa shape index (κ3) is 3.90. The van der Waals surface area contributed by atoms with Crippen LogP contribution in [0.5, 0.6) is 0 Å². The zero-order chi connectivity index (χ0) is 15.2. The smallest absolute Gasteiger partial charge is 0.134 e. The zero-order valence-electron chi connectivity index (χ0n) is 13.2. The van der Waals surface area contributed by atoms with Gasteiger partial charge in [-0.1, -0.05) is 44.2 Å². The third-order valence-electron chi connectivity index (χ3n) is 3.29. The van der Waals surface area contributed by atoms with E-state index in [-0.39, 0.29) is 6.10 Å². The summed E-state index contributed by atoms with van der Waals surface area (Å²) in [4.78, 5) is 6.19. The number of thiazole rings is 1. The number of benzene rings is 1. The molecule has 1 atom stereocenters. The van der Waals surface area contributed by atoms with Gasteiger partial charge in [0.05, 0.1) is 5.69 Å². The summed E-state index contributed by atoms with van der Waals surface area (Å²) in [5.74, 6) is 0.427. The molecule has 0 saturated heterocycles. The molecule has 1 unspecified atom stereocenters. The summed E-state index contributed by atoms with van der Waals surface area (Å²) in [7, 11) is 1.97. The highest BCUT2D eigenvalue weighted by molar-refractivity contribution is 7.11. The highest BCUT2D eigenvalue weighted by Crippen LogP contribution is 2.33. The second kappa shape index (κ2) is 7.69. The van der Waals surface area contributed by atoms with Crippen LogP contribution >= 0.6 is 11.3 Å². The number of hydrogen-bond donors (Lipinski definition) is 1. The number of rotatable bonds is 7. The standard InChI is InChI=1S/C17H24N2OS/c1-5-20-16(13-9-7-6-8-10-13)17-19-15(12(2)3)14(21-17)11-18-4/h6-10,12,16,18H,5,11H2,1-4H3. The van der Waals surface area contributed by atoms with Gasteiger partial charge in [0.15, 0.2) is 0 Å². The lowest BCUT2D eigenvalue weighted by Crippen LogP contribution is -2.06. The molecule has 0 aliphatic carbocycles. The van der Waals surface area contributed by atoms with Crippen LogP contribution in [0, 0.1) is 0 Å². The van der Waals surface area contributed by atoms with E-state index in [4.69, 9.17) is 9.72 Å². The Bertz CT molecular complexity index is 551. The molecular weight excluding hydrogens is 280 g/mol. The molecule has 0 spiro atoms. The zero-order valence-corrected chi connectivity index (χ0v) is 14.0. The maximum absolute atomic E-state index is 5.97. The minimum absolute atomic E-state index is 0.0655. The van der Waals surface area contributed by atoms with Crippen molar-refractivity contribution < 1.29 is 4.74 Å². The van der Waals surface area contributed by atoms with Crippen LogP contribution in [-0.4, -0.2) is 18.6 Å². The molecule has 3 nitrogen and oxygen atoms in total. The summed E-state index contributed by atoms with van der Waals surface area (Å²) in [6.07, 6.45) is -0.0655. The first-order valence-electron chi connectivity index (χ1n) is 7.48. The van der Waals surface area contributed by atoms with E-state index in [2.05, 4.69) is 31.3 Å². The van der Waals surface area contributed by atoms with Crippen LogP contribution in [-0.2, 0) is 11.3 Å². The molecule has 2 aromatic rings. The van der Waals surface area contributed by atoms with Crippen molar-refractivity contribution in [1.29, 1.82) is 0 Å². The van der Waals surface area contributed by atoms with Crippen molar-refractivity contribution in [3.63, 3.8) is 0 Å². The summed E-state index contributed by atoms with van der Waals surface area (Å²) in [6.45, 7) is 7.95. The predicted molar refractivity (Wildman–Crippen MR) is 88.9 cm³/mol. The van der Waals surface area contributed by atoms with Gasteiger partial charge in [0.2, 0.25) is 0 Å². The van der Waals surface area contributed by atoms with Crippen molar-refractivity contribution in [2.24, 2.45) is 0 Å². The normalized spacial score (nSPS) is 12.8. The quantitative estimate of drug-likeness (QED) is 0.836. The van der Waals surface area contributed by atoms with E-state index in [1.807, 2.05) is 32.2 Å². The molecule has 0 aliphatic heterocycles.